The normalized spacial score (nSPS) is 16.9. The van der Waals surface area contributed by atoms with Crippen molar-refractivity contribution in [2.24, 2.45) is 0 Å². The Kier molecular flexibility index (Phi) is 9.46. The molecule has 1 fully saturated rings. The van der Waals surface area contributed by atoms with Crippen LogP contribution >= 0.6 is 0 Å². The molecule has 3 rings (SSSR count). The minimum absolute atomic E-state index is 0.0275. The van der Waals surface area contributed by atoms with Crippen molar-refractivity contribution in [1.82, 2.24) is 4.90 Å². The Morgan fingerprint density at radius 2 is 1.94 bits per heavy atom. The predicted molar refractivity (Wildman–Crippen MR) is 135 cm³/mol. The van der Waals surface area contributed by atoms with E-state index in [1.54, 1.807) is 0 Å². The van der Waals surface area contributed by atoms with Gasteiger partial charge in [0.05, 0.1) is 19.3 Å². The van der Waals surface area contributed by atoms with Crippen molar-refractivity contribution < 1.29 is 19.4 Å². The Labute approximate surface area is 203 Å². The minimum Gasteiger partial charge on any atom is -0.469 e. The maximum absolute atomic E-state index is 12.4. The summed E-state index contributed by atoms with van der Waals surface area (Å²) >= 11 is 0. The van der Waals surface area contributed by atoms with Gasteiger partial charge in [-0.1, -0.05) is 67.0 Å². The van der Waals surface area contributed by atoms with E-state index in [0.717, 1.165) is 43.2 Å². The van der Waals surface area contributed by atoms with Gasteiger partial charge in [-0.25, -0.2) is 0 Å². The molecule has 2 atom stereocenters. The van der Waals surface area contributed by atoms with Crippen molar-refractivity contribution in [2.75, 3.05) is 13.7 Å². The van der Waals surface area contributed by atoms with Crippen LogP contribution in [-0.2, 0) is 14.3 Å². The van der Waals surface area contributed by atoms with Crippen LogP contribution in [0, 0.1) is 13.8 Å². The summed E-state index contributed by atoms with van der Waals surface area (Å²) in [6, 6.07) is 14.5. The molecular weight excluding hydrogens is 426 g/mol. The van der Waals surface area contributed by atoms with Crippen LogP contribution in [0.2, 0.25) is 0 Å². The van der Waals surface area contributed by atoms with Crippen LogP contribution in [0.4, 0.5) is 0 Å². The number of ether oxygens (including phenoxy) is 1. The molecule has 34 heavy (non-hydrogen) atoms. The molecule has 0 spiro atoms. The fourth-order valence-corrected chi connectivity index (χ4v) is 4.63. The van der Waals surface area contributed by atoms with E-state index in [0.29, 0.717) is 19.4 Å². The SMILES string of the molecule is COC(=O)CCCCCCN1C(=O)CC[C@@H]1/C=C/C(O)c1cccc(-c2ccc(C)cc2C)c1. The maximum Gasteiger partial charge on any atom is 0.305 e. The number of amides is 1. The van der Waals surface area contributed by atoms with Crippen molar-refractivity contribution in [3.05, 3.63) is 71.3 Å². The number of methoxy groups -OCH3 is 1. The van der Waals surface area contributed by atoms with E-state index in [9.17, 15) is 14.7 Å². The van der Waals surface area contributed by atoms with Crippen molar-refractivity contribution >= 4 is 11.9 Å². The highest BCUT2D eigenvalue weighted by Gasteiger charge is 2.28. The number of nitrogens with zero attached hydrogens (tertiary/aromatic N) is 1. The lowest BCUT2D eigenvalue weighted by atomic mass is 9.96. The molecule has 0 saturated carbocycles. The Morgan fingerprint density at radius 3 is 2.71 bits per heavy atom. The van der Waals surface area contributed by atoms with Gasteiger partial charge >= 0.3 is 5.97 Å². The number of rotatable bonds is 11. The Morgan fingerprint density at radius 1 is 1.15 bits per heavy atom. The third-order valence-electron chi connectivity index (χ3n) is 6.57. The number of carbonyl (C=O) groups excluding carboxylic acids is 2. The number of aryl methyl sites for hydroxylation is 2. The molecule has 0 aliphatic carbocycles. The summed E-state index contributed by atoms with van der Waals surface area (Å²) in [5.41, 5.74) is 5.55. The van der Waals surface area contributed by atoms with Gasteiger partial charge in [-0.15, -0.1) is 0 Å². The summed E-state index contributed by atoms with van der Waals surface area (Å²) < 4.78 is 4.66. The molecule has 1 aliphatic heterocycles. The first-order chi connectivity index (χ1) is 16.4. The average Bonchev–Trinajstić information content (AvgIpc) is 3.18. The zero-order chi connectivity index (χ0) is 24.5. The van der Waals surface area contributed by atoms with E-state index in [-0.39, 0.29) is 17.9 Å². The molecule has 1 heterocycles. The van der Waals surface area contributed by atoms with E-state index in [1.165, 1.54) is 23.8 Å². The molecule has 0 aromatic heterocycles. The fourth-order valence-electron chi connectivity index (χ4n) is 4.63. The highest BCUT2D eigenvalue weighted by atomic mass is 16.5. The van der Waals surface area contributed by atoms with Crippen LogP contribution in [0.3, 0.4) is 0 Å². The topological polar surface area (TPSA) is 66.8 Å². The molecule has 1 saturated heterocycles. The van der Waals surface area contributed by atoms with E-state index >= 15 is 0 Å². The molecule has 1 N–H and O–H groups in total. The quantitative estimate of drug-likeness (QED) is 0.265. The smallest absolute Gasteiger partial charge is 0.305 e. The van der Waals surface area contributed by atoms with Gasteiger partial charge in [0.15, 0.2) is 0 Å². The summed E-state index contributed by atoms with van der Waals surface area (Å²) in [7, 11) is 1.41. The Hall–Kier alpha value is -2.92. The Balaban J connectivity index is 1.56. The number of benzene rings is 2. The highest BCUT2D eigenvalue weighted by Crippen LogP contribution is 2.28. The molecule has 0 radical (unpaired) electrons. The number of aliphatic hydroxyl groups is 1. The Bertz CT molecular complexity index is 1010. The summed E-state index contributed by atoms with van der Waals surface area (Å²) in [6.45, 7) is 4.91. The van der Waals surface area contributed by atoms with Crippen LogP contribution in [0.1, 0.15) is 67.7 Å². The zero-order valence-corrected chi connectivity index (χ0v) is 20.6. The molecule has 2 aromatic rings. The van der Waals surface area contributed by atoms with Gasteiger partial charge < -0.3 is 14.7 Å². The van der Waals surface area contributed by atoms with Crippen molar-refractivity contribution in [2.45, 2.75) is 70.9 Å². The van der Waals surface area contributed by atoms with Gasteiger partial charge in [0.25, 0.3) is 0 Å². The molecule has 0 bridgehead atoms. The molecule has 5 nitrogen and oxygen atoms in total. The first-order valence-corrected chi connectivity index (χ1v) is 12.3. The second-order valence-corrected chi connectivity index (χ2v) is 9.21. The molecule has 2 aromatic carbocycles. The third-order valence-corrected chi connectivity index (χ3v) is 6.57. The van der Waals surface area contributed by atoms with Gasteiger partial charge in [0.1, 0.15) is 0 Å². The van der Waals surface area contributed by atoms with Crippen molar-refractivity contribution in [3.63, 3.8) is 0 Å². The number of esters is 1. The van der Waals surface area contributed by atoms with Crippen LogP contribution in [0.15, 0.2) is 54.6 Å². The first-order valence-electron chi connectivity index (χ1n) is 12.3. The second kappa shape index (κ2) is 12.5. The number of aliphatic hydroxyl groups excluding tert-OH is 1. The van der Waals surface area contributed by atoms with Crippen molar-refractivity contribution in [1.29, 1.82) is 0 Å². The molecular formula is C29H37NO4. The number of likely N-dealkylation sites (tertiary alicyclic amines) is 1. The lowest BCUT2D eigenvalue weighted by Crippen LogP contribution is -2.32. The molecule has 1 unspecified atom stereocenters. The van der Waals surface area contributed by atoms with E-state index < -0.39 is 6.10 Å². The molecule has 1 aliphatic rings. The zero-order valence-electron chi connectivity index (χ0n) is 20.6. The largest absolute Gasteiger partial charge is 0.469 e. The summed E-state index contributed by atoms with van der Waals surface area (Å²) in [5.74, 6) is 0.00793. The van der Waals surface area contributed by atoms with E-state index in [4.69, 9.17) is 0 Å². The molecule has 1 amide bonds. The third kappa shape index (κ3) is 7.04. The molecule has 5 heteroatoms. The minimum atomic E-state index is -0.721. The lowest BCUT2D eigenvalue weighted by Gasteiger charge is -2.22. The standard InChI is InChI=1S/C29H37NO4/c1-21-12-15-26(22(2)19-21)23-9-8-10-24(20-23)27(31)16-13-25-14-17-28(32)30(25)18-7-5-4-6-11-29(33)34-3/h8-10,12-13,15-16,19-20,25,27,31H,4-7,11,14,17-18H2,1-3H3/b16-13+/t25-,27?/m0/s1. The van der Waals surface area contributed by atoms with Gasteiger partial charge in [0.2, 0.25) is 5.91 Å². The summed E-state index contributed by atoms with van der Waals surface area (Å²) in [6.07, 6.45) is 8.52. The van der Waals surface area contributed by atoms with Crippen LogP contribution in [-0.4, -0.2) is 41.6 Å². The van der Waals surface area contributed by atoms with Crippen LogP contribution in [0.5, 0.6) is 0 Å². The van der Waals surface area contributed by atoms with Crippen LogP contribution < -0.4 is 0 Å². The average molecular weight is 464 g/mol. The number of hydrogen-bond donors (Lipinski definition) is 1. The highest BCUT2D eigenvalue weighted by molar-refractivity contribution is 5.79. The second-order valence-electron chi connectivity index (χ2n) is 9.21. The number of hydrogen-bond acceptors (Lipinski definition) is 4. The van der Waals surface area contributed by atoms with Gasteiger partial charge in [-0.05, 0) is 61.4 Å². The van der Waals surface area contributed by atoms with E-state index in [1.807, 2.05) is 35.3 Å². The summed E-state index contributed by atoms with van der Waals surface area (Å²) in [5, 5.41) is 10.8. The predicted octanol–water partition coefficient (Wildman–Crippen LogP) is 5.67. The van der Waals surface area contributed by atoms with E-state index in [2.05, 4.69) is 42.8 Å². The number of carbonyl (C=O) groups is 2. The monoisotopic (exact) mass is 463 g/mol. The van der Waals surface area contributed by atoms with Gasteiger partial charge in [-0.3, -0.25) is 9.59 Å². The van der Waals surface area contributed by atoms with Crippen LogP contribution in [0.25, 0.3) is 11.1 Å². The maximum atomic E-state index is 12.4. The van der Waals surface area contributed by atoms with Gasteiger partial charge in [0, 0.05) is 19.4 Å². The van der Waals surface area contributed by atoms with Crippen molar-refractivity contribution in [3.8, 4) is 11.1 Å². The first kappa shape index (κ1) is 25.7. The van der Waals surface area contributed by atoms with Gasteiger partial charge in [-0.2, -0.15) is 0 Å². The fraction of sp³-hybridized carbons (Fsp3) is 0.448. The lowest BCUT2D eigenvalue weighted by molar-refractivity contribution is -0.140. The number of unbranched alkanes of at least 4 members (excludes halogenated alkanes) is 3. The molecule has 182 valence electrons. The summed E-state index contributed by atoms with van der Waals surface area (Å²) in [4.78, 5) is 25.5.